The summed E-state index contributed by atoms with van der Waals surface area (Å²) < 4.78 is 5.35. The van der Waals surface area contributed by atoms with Gasteiger partial charge in [0.25, 0.3) is 0 Å². The molecule has 102 valence electrons. The monoisotopic (exact) mass is 242 g/mol. The van der Waals surface area contributed by atoms with E-state index in [1.54, 1.807) is 7.11 Å². The van der Waals surface area contributed by atoms with Crippen molar-refractivity contribution in [2.45, 2.75) is 64.6 Å². The van der Waals surface area contributed by atoms with Crippen LogP contribution in [0.2, 0.25) is 0 Å². The third-order valence-electron chi connectivity index (χ3n) is 4.50. The number of hydrogen-bond acceptors (Lipinski definition) is 3. The van der Waals surface area contributed by atoms with Crippen molar-refractivity contribution in [3.05, 3.63) is 0 Å². The normalized spacial score (nSPS) is 27.0. The van der Waals surface area contributed by atoms with E-state index < -0.39 is 0 Å². The molecular weight excluding hydrogens is 212 g/mol. The molecular formula is C14H30N2O. The van der Waals surface area contributed by atoms with Crippen molar-refractivity contribution in [1.29, 1.82) is 0 Å². The van der Waals surface area contributed by atoms with Gasteiger partial charge in [-0.05, 0) is 26.2 Å². The van der Waals surface area contributed by atoms with Gasteiger partial charge in [0.1, 0.15) is 0 Å². The smallest absolute Gasteiger partial charge is 0.0615 e. The average Bonchev–Trinajstić information content (AvgIpc) is 2.38. The lowest BCUT2D eigenvalue weighted by molar-refractivity contribution is -0.0240. The Morgan fingerprint density at radius 1 is 1.35 bits per heavy atom. The summed E-state index contributed by atoms with van der Waals surface area (Å²) in [7, 11) is 1.80. The maximum Gasteiger partial charge on any atom is 0.0615 e. The highest BCUT2D eigenvalue weighted by Gasteiger charge is 2.40. The summed E-state index contributed by atoms with van der Waals surface area (Å²) in [6.45, 7) is 12.3. The summed E-state index contributed by atoms with van der Waals surface area (Å²) in [5.41, 5.74) is 0.323. The molecule has 0 amide bonds. The number of hydrogen-bond donors (Lipinski definition) is 1. The predicted molar refractivity (Wildman–Crippen MR) is 73.4 cm³/mol. The molecule has 3 heteroatoms. The molecule has 0 radical (unpaired) electrons. The molecule has 2 atom stereocenters. The van der Waals surface area contributed by atoms with Crippen molar-refractivity contribution in [2.24, 2.45) is 0 Å². The molecule has 1 aliphatic rings. The van der Waals surface area contributed by atoms with Crippen molar-refractivity contribution in [3.8, 4) is 0 Å². The van der Waals surface area contributed by atoms with E-state index in [1.165, 1.54) is 19.3 Å². The van der Waals surface area contributed by atoms with Crippen LogP contribution < -0.4 is 5.32 Å². The highest BCUT2D eigenvalue weighted by Crippen LogP contribution is 2.29. The lowest BCUT2D eigenvalue weighted by atomic mass is 9.85. The Balaban J connectivity index is 2.80. The summed E-state index contributed by atoms with van der Waals surface area (Å²) in [6.07, 6.45) is 3.63. The molecule has 0 spiro atoms. The van der Waals surface area contributed by atoms with Crippen LogP contribution in [-0.2, 0) is 4.74 Å². The summed E-state index contributed by atoms with van der Waals surface area (Å²) in [4.78, 5) is 2.68. The van der Waals surface area contributed by atoms with E-state index in [4.69, 9.17) is 4.74 Å². The van der Waals surface area contributed by atoms with Crippen molar-refractivity contribution in [1.82, 2.24) is 10.2 Å². The van der Waals surface area contributed by atoms with Gasteiger partial charge in [-0.25, -0.2) is 0 Å². The minimum atomic E-state index is 0.323. The molecule has 1 N–H and O–H groups in total. The third-order valence-corrected chi connectivity index (χ3v) is 4.50. The first-order valence-corrected chi connectivity index (χ1v) is 7.12. The molecule has 0 aliphatic carbocycles. The molecule has 3 nitrogen and oxygen atoms in total. The van der Waals surface area contributed by atoms with Crippen molar-refractivity contribution < 1.29 is 4.74 Å². The Morgan fingerprint density at radius 3 is 2.47 bits per heavy atom. The van der Waals surface area contributed by atoms with Crippen LogP contribution in [0.15, 0.2) is 0 Å². The number of nitrogens with zero attached hydrogens (tertiary/aromatic N) is 1. The topological polar surface area (TPSA) is 24.5 Å². The van der Waals surface area contributed by atoms with Gasteiger partial charge < -0.3 is 10.1 Å². The average molecular weight is 242 g/mol. The standard InChI is InChI=1S/C14H30N2O/c1-6-13-9-16(12(4)10-17-5)14(7-2,8-3)11-15-13/h12-13,15H,6-11H2,1-5H3. The lowest BCUT2D eigenvalue weighted by Gasteiger charge is -2.52. The quantitative estimate of drug-likeness (QED) is 0.773. The fourth-order valence-corrected chi connectivity index (χ4v) is 3.09. The van der Waals surface area contributed by atoms with Gasteiger partial charge in [-0.1, -0.05) is 20.8 Å². The van der Waals surface area contributed by atoms with E-state index in [9.17, 15) is 0 Å². The van der Waals surface area contributed by atoms with Crippen LogP contribution in [-0.4, -0.2) is 49.3 Å². The Hall–Kier alpha value is -0.120. The zero-order valence-corrected chi connectivity index (χ0v) is 12.3. The van der Waals surface area contributed by atoms with Crippen molar-refractivity contribution in [3.63, 3.8) is 0 Å². The Bertz CT molecular complexity index is 216. The molecule has 0 aromatic carbocycles. The number of nitrogens with one attached hydrogen (secondary N) is 1. The van der Waals surface area contributed by atoms with E-state index in [2.05, 4.69) is 37.9 Å². The van der Waals surface area contributed by atoms with E-state index in [0.29, 0.717) is 17.6 Å². The van der Waals surface area contributed by atoms with Gasteiger partial charge in [0.05, 0.1) is 6.61 Å². The summed E-state index contributed by atoms with van der Waals surface area (Å²) in [5.74, 6) is 0. The van der Waals surface area contributed by atoms with Crippen LogP contribution in [0, 0.1) is 0 Å². The predicted octanol–water partition coefficient (Wildman–Crippen LogP) is 2.26. The summed E-state index contributed by atoms with van der Waals surface area (Å²) >= 11 is 0. The van der Waals surface area contributed by atoms with Gasteiger partial charge in [-0.3, -0.25) is 4.90 Å². The minimum Gasteiger partial charge on any atom is -0.383 e. The van der Waals surface area contributed by atoms with E-state index >= 15 is 0 Å². The molecule has 0 saturated carbocycles. The van der Waals surface area contributed by atoms with Crippen molar-refractivity contribution in [2.75, 3.05) is 26.8 Å². The SMILES string of the molecule is CCC1CN(C(C)COC)C(CC)(CC)CN1. The molecule has 2 unspecified atom stereocenters. The zero-order valence-electron chi connectivity index (χ0n) is 12.3. The summed E-state index contributed by atoms with van der Waals surface area (Å²) in [6, 6.07) is 1.15. The lowest BCUT2D eigenvalue weighted by Crippen LogP contribution is -2.66. The van der Waals surface area contributed by atoms with Gasteiger partial charge in [0.15, 0.2) is 0 Å². The second kappa shape index (κ2) is 6.72. The first kappa shape index (κ1) is 14.9. The molecule has 1 fully saturated rings. The molecule has 0 bridgehead atoms. The summed E-state index contributed by atoms with van der Waals surface area (Å²) in [5, 5.41) is 3.71. The Kier molecular flexibility index (Phi) is 5.90. The molecule has 1 rings (SSSR count). The Morgan fingerprint density at radius 2 is 2.00 bits per heavy atom. The van der Waals surface area contributed by atoms with E-state index in [0.717, 1.165) is 19.7 Å². The van der Waals surface area contributed by atoms with Gasteiger partial charge >= 0.3 is 0 Å². The van der Waals surface area contributed by atoms with Gasteiger partial charge in [0.2, 0.25) is 0 Å². The van der Waals surface area contributed by atoms with E-state index in [1.807, 2.05) is 0 Å². The van der Waals surface area contributed by atoms with Gasteiger partial charge in [-0.2, -0.15) is 0 Å². The Labute approximate surface area is 107 Å². The molecule has 1 heterocycles. The fraction of sp³-hybridized carbons (Fsp3) is 1.00. The zero-order chi connectivity index (χ0) is 12.9. The van der Waals surface area contributed by atoms with Crippen LogP contribution in [0.25, 0.3) is 0 Å². The van der Waals surface area contributed by atoms with Crippen LogP contribution in [0.1, 0.15) is 47.0 Å². The molecule has 1 saturated heterocycles. The molecule has 0 aromatic heterocycles. The van der Waals surface area contributed by atoms with Crippen LogP contribution in [0.5, 0.6) is 0 Å². The molecule has 0 aromatic rings. The fourth-order valence-electron chi connectivity index (χ4n) is 3.09. The first-order chi connectivity index (χ1) is 8.13. The van der Waals surface area contributed by atoms with E-state index in [-0.39, 0.29) is 0 Å². The first-order valence-electron chi connectivity index (χ1n) is 7.12. The highest BCUT2D eigenvalue weighted by atomic mass is 16.5. The molecule has 17 heavy (non-hydrogen) atoms. The largest absolute Gasteiger partial charge is 0.383 e. The van der Waals surface area contributed by atoms with Gasteiger partial charge in [0, 0.05) is 37.8 Å². The van der Waals surface area contributed by atoms with Crippen molar-refractivity contribution >= 4 is 0 Å². The molecule has 1 aliphatic heterocycles. The minimum absolute atomic E-state index is 0.323. The van der Waals surface area contributed by atoms with Crippen LogP contribution >= 0.6 is 0 Å². The highest BCUT2D eigenvalue weighted by molar-refractivity contribution is 4.99. The number of ether oxygens (including phenoxy) is 1. The van der Waals surface area contributed by atoms with Crippen LogP contribution in [0.3, 0.4) is 0 Å². The maximum atomic E-state index is 5.35. The number of piperazine rings is 1. The van der Waals surface area contributed by atoms with Gasteiger partial charge in [-0.15, -0.1) is 0 Å². The third kappa shape index (κ3) is 3.21. The number of rotatable bonds is 6. The van der Waals surface area contributed by atoms with Crippen LogP contribution in [0.4, 0.5) is 0 Å². The second-order valence-electron chi connectivity index (χ2n) is 5.37. The second-order valence-corrected chi connectivity index (χ2v) is 5.37. The number of methoxy groups -OCH3 is 1. The maximum absolute atomic E-state index is 5.35.